The molecule has 2 atom stereocenters. The molecule has 26 heavy (non-hydrogen) atoms. The van der Waals surface area contributed by atoms with Crippen LogP contribution in [0.25, 0.3) is 21.6 Å². The minimum Gasteiger partial charge on any atom is -0.459 e. The monoisotopic (exact) mass is 358 g/mol. The van der Waals surface area contributed by atoms with E-state index in [1.165, 1.54) is 14.0 Å². The Morgan fingerprint density at radius 2 is 1.96 bits per heavy atom. The second-order valence-electron chi connectivity index (χ2n) is 5.52. The second kappa shape index (κ2) is 9.50. The van der Waals surface area contributed by atoms with E-state index < -0.39 is 18.8 Å². The highest BCUT2D eigenvalue weighted by Crippen LogP contribution is 2.27. The van der Waals surface area contributed by atoms with E-state index in [-0.39, 0.29) is 12.6 Å². The normalized spacial score (nSPS) is 12.7. The first-order valence-electron chi connectivity index (χ1n) is 7.90. The summed E-state index contributed by atoms with van der Waals surface area (Å²) in [6, 6.07) is 10.0. The van der Waals surface area contributed by atoms with Crippen LogP contribution in [0.15, 0.2) is 47.7 Å². The largest absolute Gasteiger partial charge is 0.459 e. The number of carbonyl (C=O) groups is 1. The van der Waals surface area contributed by atoms with Crippen molar-refractivity contribution in [2.45, 2.75) is 25.7 Å². The molecule has 0 spiro atoms. The lowest BCUT2D eigenvalue weighted by molar-refractivity contribution is -0.142. The van der Waals surface area contributed by atoms with Crippen molar-refractivity contribution in [3.05, 3.63) is 64.3 Å². The number of aromatic nitrogens is 1. The predicted molar refractivity (Wildman–Crippen MR) is 93.8 cm³/mol. The van der Waals surface area contributed by atoms with Gasteiger partial charge in [-0.3, -0.25) is 14.2 Å². The first kappa shape index (κ1) is 19.4. The number of esters is 1. The molecule has 2 aromatic rings. The number of azide groups is 1. The third-order valence-electron chi connectivity index (χ3n) is 3.78. The van der Waals surface area contributed by atoms with Crippen molar-refractivity contribution < 1.29 is 18.7 Å². The number of alkyl halides is 1. The average molecular weight is 358 g/mol. The Hall–Kier alpha value is -2.96. The molecule has 1 aromatic heterocycles. The molecule has 0 aliphatic carbocycles. The minimum absolute atomic E-state index is 0.133. The van der Waals surface area contributed by atoms with E-state index in [4.69, 9.17) is 15.0 Å². The summed E-state index contributed by atoms with van der Waals surface area (Å²) in [4.78, 5) is 17.7. The standard InChI is InChI=1S/C18H19FN4O3/c1-12(24)26-11-16-8-7-15(10-21-16)13-3-5-14(6-4-13)18(25-2)17(9-19)22-23-20/h3-8,10,17-18H,9,11H2,1-2H3/t17-,18-/m1/s1. The second-order valence-corrected chi connectivity index (χ2v) is 5.52. The number of ether oxygens (including phenoxy) is 2. The number of hydrogen-bond donors (Lipinski definition) is 0. The number of rotatable bonds is 8. The van der Waals surface area contributed by atoms with E-state index in [0.717, 1.165) is 11.1 Å². The Morgan fingerprint density at radius 1 is 1.27 bits per heavy atom. The van der Waals surface area contributed by atoms with Crippen molar-refractivity contribution in [1.82, 2.24) is 4.98 Å². The van der Waals surface area contributed by atoms with Crippen LogP contribution in [0.5, 0.6) is 0 Å². The molecule has 0 N–H and O–H groups in total. The molecule has 0 fully saturated rings. The van der Waals surface area contributed by atoms with Gasteiger partial charge in [0.25, 0.3) is 0 Å². The number of halogens is 1. The minimum atomic E-state index is -0.918. The highest BCUT2D eigenvalue weighted by Gasteiger charge is 2.22. The molecular formula is C18H19FN4O3. The van der Waals surface area contributed by atoms with Crippen LogP contribution in [0.2, 0.25) is 0 Å². The zero-order valence-corrected chi connectivity index (χ0v) is 14.5. The molecule has 136 valence electrons. The number of nitrogens with zero attached hydrogens (tertiary/aromatic N) is 4. The van der Waals surface area contributed by atoms with Gasteiger partial charge in [0.1, 0.15) is 13.3 Å². The van der Waals surface area contributed by atoms with Crippen molar-refractivity contribution in [3.63, 3.8) is 0 Å². The van der Waals surface area contributed by atoms with Gasteiger partial charge in [-0.25, -0.2) is 0 Å². The maximum atomic E-state index is 13.1. The van der Waals surface area contributed by atoms with E-state index in [0.29, 0.717) is 11.3 Å². The first-order valence-corrected chi connectivity index (χ1v) is 7.90. The van der Waals surface area contributed by atoms with Gasteiger partial charge in [-0.1, -0.05) is 35.4 Å². The van der Waals surface area contributed by atoms with Crippen LogP contribution in [0.4, 0.5) is 4.39 Å². The van der Waals surface area contributed by atoms with E-state index in [1.807, 2.05) is 18.2 Å². The van der Waals surface area contributed by atoms with Crippen molar-refractivity contribution in [3.8, 4) is 11.1 Å². The fourth-order valence-corrected chi connectivity index (χ4v) is 2.48. The molecule has 7 nitrogen and oxygen atoms in total. The fraction of sp³-hybridized carbons (Fsp3) is 0.333. The van der Waals surface area contributed by atoms with Crippen LogP contribution in [0.1, 0.15) is 24.3 Å². The molecule has 0 saturated carbocycles. The molecule has 8 heteroatoms. The molecule has 0 aliphatic rings. The molecule has 0 saturated heterocycles. The Labute approximate surface area is 150 Å². The molecule has 1 aromatic carbocycles. The fourth-order valence-electron chi connectivity index (χ4n) is 2.48. The lowest BCUT2D eigenvalue weighted by Gasteiger charge is -2.20. The number of methoxy groups -OCH3 is 1. The maximum Gasteiger partial charge on any atom is 0.303 e. The lowest BCUT2D eigenvalue weighted by atomic mass is 9.99. The van der Waals surface area contributed by atoms with Gasteiger partial charge in [0.15, 0.2) is 0 Å². The van der Waals surface area contributed by atoms with Crippen LogP contribution in [-0.4, -0.2) is 30.8 Å². The summed E-state index contributed by atoms with van der Waals surface area (Å²) in [6.07, 6.45) is 1.03. The number of carbonyl (C=O) groups excluding carboxylic acids is 1. The third kappa shape index (κ3) is 5.02. The van der Waals surface area contributed by atoms with Gasteiger partial charge in [0, 0.05) is 30.7 Å². The Balaban J connectivity index is 2.15. The van der Waals surface area contributed by atoms with Gasteiger partial charge in [-0.15, -0.1) is 0 Å². The van der Waals surface area contributed by atoms with Crippen molar-refractivity contribution in [2.24, 2.45) is 5.11 Å². The van der Waals surface area contributed by atoms with Gasteiger partial charge in [-0.05, 0) is 22.7 Å². The zero-order chi connectivity index (χ0) is 18.9. The predicted octanol–water partition coefficient (Wildman–Crippen LogP) is 4.15. The number of hydrogen-bond acceptors (Lipinski definition) is 5. The quantitative estimate of drug-likeness (QED) is 0.306. The molecule has 0 unspecified atom stereocenters. The number of pyridine rings is 1. The zero-order valence-electron chi connectivity index (χ0n) is 14.5. The van der Waals surface area contributed by atoms with Crippen LogP contribution in [0, 0.1) is 0 Å². The molecule has 0 aliphatic heterocycles. The third-order valence-corrected chi connectivity index (χ3v) is 3.78. The SMILES string of the molecule is CO[C@H](c1ccc(-c2ccc(COC(C)=O)nc2)cc1)[C@@H](CF)N=[N+]=[N-]. The van der Waals surface area contributed by atoms with Crippen LogP contribution in [-0.2, 0) is 20.9 Å². The molecule has 0 radical (unpaired) electrons. The van der Waals surface area contributed by atoms with Crippen LogP contribution in [0.3, 0.4) is 0 Å². The average Bonchev–Trinajstić information content (AvgIpc) is 2.67. The molecule has 1 heterocycles. The van der Waals surface area contributed by atoms with Gasteiger partial charge in [0.05, 0.1) is 17.8 Å². The Morgan fingerprint density at radius 3 is 2.46 bits per heavy atom. The summed E-state index contributed by atoms with van der Waals surface area (Å²) in [6.45, 7) is 0.671. The highest BCUT2D eigenvalue weighted by atomic mass is 19.1. The van der Waals surface area contributed by atoms with E-state index in [2.05, 4.69) is 15.0 Å². The number of benzene rings is 1. The van der Waals surface area contributed by atoms with Gasteiger partial charge in [0.2, 0.25) is 0 Å². The lowest BCUT2D eigenvalue weighted by Crippen LogP contribution is -2.20. The molecule has 2 rings (SSSR count). The van der Waals surface area contributed by atoms with Crippen molar-refractivity contribution in [1.29, 1.82) is 0 Å². The molecule has 0 amide bonds. The highest BCUT2D eigenvalue weighted by molar-refractivity contribution is 5.66. The topological polar surface area (TPSA) is 97.2 Å². The summed E-state index contributed by atoms with van der Waals surface area (Å²) in [7, 11) is 1.44. The van der Waals surface area contributed by atoms with Gasteiger partial charge >= 0.3 is 5.97 Å². The summed E-state index contributed by atoms with van der Waals surface area (Å²) in [5.41, 5.74) is 11.7. The molecule has 0 bridgehead atoms. The Bertz CT molecular complexity index is 774. The van der Waals surface area contributed by atoms with Crippen molar-refractivity contribution in [2.75, 3.05) is 13.8 Å². The van der Waals surface area contributed by atoms with E-state index >= 15 is 0 Å². The summed E-state index contributed by atoms with van der Waals surface area (Å²) in [5.74, 6) is -0.355. The smallest absolute Gasteiger partial charge is 0.303 e. The van der Waals surface area contributed by atoms with Crippen LogP contribution >= 0.6 is 0 Å². The summed E-state index contributed by atoms with van der Waals surface area (Å²) >= 11 is 0. The van der Waals surface area contributed by atoms with E-state index in [9.17, 15) is 9.18 Å². The van der Waals surface area contributed by atoms with Gasteiger partial charge in [-0.2, -0.15) is 0 Å². The summed E-state index contributed by atoms with van der Waals surface area (Å²) < 4.78 is 23.3. The van der Waals surface area contributed by atoms with E-state index in [1.54, 1.807) is 24.4 Å². The van der Waals surface area contributed by atoms with Gasteiger partial charge < -0.3 is 9.47 Å². The van der Waals surface area contributed by atoms with Crippen LogP contribution < -0.4 is 0 Å². The molecular weight excluding hydrogens is 339 g/mol. The summed E-state index contributed by atoms with van der Waals surface area (Å²) in [5, 5.41) is 3.45. The Kier molecular flexibility index (Phi) is 7.08. The van der Waals surface area contributed by atoms with Crippen molar-refractivity contribution >= 4 is 5.97 Å². The first-order chi connectivity index (χ1) is 12.6. The maximum absolute atomic E-state index is 13.1.